The minimum absolute atomic E-state index is 0.122. The van der Waals surface area contributed by atoms with Gasteiger partial charge in [0.25, 0.3) is 0 Å². The zero-order valence-electron chi connectivity index (χ0n) is 7.16. The quantitative estimate of drug-likeness (QED) is 0.609. The second-order valence-corrected chi connectivity index (χ2v) is 3.31. The van der Waals surface area contributed by atoms with Crippen molar-refractivity contribution in [3.8, 4) is 0 Å². The fourth-order valence-corrected chi connectivity index (χ4v) is 1.50. The molecule has 1 saturated heterocycles. The van der Waals surface area contributed by atoms with E-state index in [1.807, 2.05) is 0 Å². The van der Waals surface area contributed by atoms with Crippen LogP contribution in [-0.2, 0) is 9.53 Å². The molecule has 12 heavy (non-hydrogen) atoms. The molecule has 1 aliphatic heterocycles. The summed E-state index contributed by atoms with van der Waals surface area (Å²) in [5.41, 5.74) is 10.8. The van der Waals surface area contributed by atoms with Gasteiger partial charge in [-0.3, -0.25) is 4.79 Å². The highest BCUT2D eigenvalue weighted by atomic mass is 16.5. The molecular weight excluding hydrogens is 156 g/mol. The van der Waals surface area contributed by atoms with Crippen LogP contribution in [0.5, 0.6) is 0 Å². The van der Waals surface area contributed by atoms with Crippen molar-refractivity contribution in [2.45, 2.75) is 25.3 Å². The number of carbonyl (C=O) groups is 1. The van der Waals surface area contributed by atoms with E-state index in [4.69, 9.17) is 16.2 Å². The topological polar surface area (TPSA) is 78.3 Å². The fourth-order valence-electron chi connectivity index (χ4n) is 1.50. The van der Waals surface area contributed by atoms with E-state index in [0.717, 1.165) is 19.4 Å². The number of hydrogen-bond acceptors (Lipinski definition) is 3. The zero-order valence-corrected chi connectivity index (χ0v) is 7.16. The molecule has 1 rings (SSSR count). The Morgan fingerprint density at radius 2 is 2.42 bits per heavy atom. The molecule has 4 heteroatoms. The van der Waals surface area contributed by atoms with Crippen LogP contribution in [0.15, 0.2) is 0 Å². The summed E-state index contributed by atoms with van der Waals surface area (Å²) >= 11 is 0. The lowest BCUT2D eigenvalue weighted by Crippen LogP contribution is -2.38. The highest BCUT2D eigenvalue weighted by Crippen LogP contribution is 2.17. The van der Waals surface area contributed by atoms with Crippen molar-refractivity contribution in [1.82, 2.24) is 0 Å². The van der Waals surface area contributed by atoms with Crippen molar-refractivity contribution < 1.29 is 9.53 Å². The number of ether oxygens (including phenoxy) is 1. The van der Waals surface area contributed by atoms with Crippen LogP contribution in [0.1, 0.15) is 19.3 Å². The second-order valence-electron chi connectivity index (χ2n) is 3.31. The number of amides is 1. The van der Waals surface area contributed by atoms with Crippen LogP contribution >= 0.6 is 0 Å². The average Bonchev–Trinajstić information content (AvgIpc) is 2.05. The van der Waals surface area contributed by atoms with Crippen molar-refractivity contribution in [3.63, 3.8) is 0 Å². The van der Waals surface area contributed by atoms with Crippen LogP contribution in [0.3, 0.4) is 0 Å². The summed E-state index contributed by atoms with van der Waals surface area (Å²) in [5, 5.41) is 0. The molecule has 1 amide bonds. The van der Waals surface area contributed by atoms with E-state index in [1.54, 1.807) is 0 Å². The summed E-state index contributed by atoms with van der Waals surface area (Å²) in [6.45, 7) is 1.49. The summed E-state index contributed by atoms with van der Waals surface area (Å²) in [4.78, 5) is 10.6. The number of primary amides is 1. The largest absolute Gasteiger partial charge is 0.381 e. The highest BCUT2D eigenvalue weighted by molar-refractivity contribution is 5.74. The predicted molar refractivity (Wildman–Crippen MR) is 45.3 cm³/mol. The summed E-state index contributed by atoms with van der Waals surface area (Å²) in [5.74, 6) is -0.0145. The third-order valence-corrected chi connectivity index (χ3v) is 2.24. The monoisotopic (exact) mass is 172 g/mol. The van der Waals surface area contributed by atoms with E-state index in [9.17, 15) is 4.79 Å². The number of hydrogen-bond donors (Lipinski definition) is 2. The van der Waals surface area contributed by atoms with E-state index in [-0.39, 0.29) is 18.4 Å². The maximum Gasteiger partial charge on any atom is 0.218 e. The van der Waals surface area contributed by atoms with Gasteiger partial charge in [-0.1, -0.05) is 0 Å². The molecule has 2 unspecified atom stereocenters. The maximum absolute atomic E-state index is 10.6. The fraction of sp³-hybridized carbons (Fsp3) is 0.875. The normalized spacial score (nSPS) is 26.6. The van der Waals surface area contributed by atoms with Crippen molar-refractivity contribution in [3.05, 3.63) is 0 Å². The van der Waals surface area contributed by atoms with Crippen molar-refractivity contribution in [1.29, 1.82) is 0 Å². The zero-order chi connectivity index (χ0) is 8.97. The molecule has 1 heterocycles. The Morgan fingerprint density at radius 1 is 1.67 bits per heavy atom. The molecule has 0 bridgehead atoms. The standard InChI is InChI=1S/C8H16N2O2/c9-7(4-8(10)11)6-2-1-3-12-5-6/h6-7H,1-5,9H2,(H2,10,11). The molecule has 0 aliphatic carbocycles. The van der Waals surface area contributed by atoms with Crippen LogP contribution in [-0.4, -0.2) is 25.2 Å². The molecule has 0 spiro atoms. The van der Waals surface area contributed by atoms with E-state index in [1.165, 1.54) is 0 Å². The molecule has 1 aliphatic rings. The molecule has 0 aromatic carbocycles. The van der Waals surface area contributed by atoms with Gasteiger partial charge in [0.05, 0.1) is 6.61 Å². The molecule has 4 nitrogen and oxygen atoms in total. The molecule has 0 radical (unpaired) electrons. The SMILES string of the molecule is NC(=O)CC(N)C1CCCOC1. The minimum atomic E-state index is -0.326. The van der Waals surface area contributed by atoms with Crippen LogP contribution < -0.4 is 11.5 Å². The van der Waals surface area contributed by atoms with E-state index in [0.29, 0.717) is 12.5 Å². The van der Waals surface area contributed by atoms with Gasteiger partial charge in [-0.25, -0.2) is 0 Å². The van der Waals surface area contributed by atoms with Gasteiger partial charge >= 0.3 is 0 Å². The Morgan fingerprint density at radius 3 is 2.92 bits per heavy atom. The minimum Gasteiger partial charge on any atom is -0.381 e. The average molecular weight is 172 g/mol. The van der Waals surface area contributed by atoms with Gasteiger partial charge in [-0.2, -0.15) is 0 Å². The first kappa shape index (κ1) is 9.48. The van der Waals surface area contributed by atoms with Crippen LogP contribution in [0.4, 0.5) is 0 Å². The first-order valence-electron chi connectivity index (χ1n) is 4.32. The van der Waals surface area contributed by atoms with Gasteiger partial charge in [0, 0.05) is 19.1 Å². The summed E-state index contributed by atoms with van der Waals surface area (Å²) in [6.07, 6.45) is 2.36. The third kappa shape index (κ3) is 2.79. The molecule has 0 aromatic rings. The van der Waals surface area contributed by atoms with Crippen LogP contribution in [0, 0.1) is 5.92 Å². The lowest BCUT2D eigenvalue weighted by Gasteiger charge is -2.26. The maximum atomic E-state index is 10.6. The Balaban J connectivity index is 2.29. The second kappa shape index (κ2) is 4.42. The summed E-state index contributed by atoms with van der Waals surface area (Å²) < 4.78 is 5.25. The van der Waals surface area contributed by atoms with Crippen molar-refractivity contribution in [2.24, 2.45) is 17.4 Å². The Hall–Kier alpha value is -0.610. The van der Waals surface area contributed by atoms with Gasteiger partial charge in [-0.05, 0) is 18.8 Å². The lowest BCUT2D eigenvalue weighted by molar-refractivity contribution is -0.118. The molecule has 2 atom stereocenters. The molecular formula is C8H16N2O2. The van der Waals surface area contributed by atoms with Crippen molar-refractivity contribution >= 4 is 5.91 Å². The van der Waals surface area contributed by atoms with Gasteiger partial charge < -0.3 is 16.2 Å². The molecule has 0 saturated carbocycles. The summed E-state index contributed by atoms with van der Waals surface area (Å²) in [6, 6.07) is -0.122. The first-order valence-corrected chi connectivity index (χ1v) is 4.32. The Kier molecular flexibility index (Phi) is 3.49. The number of rotatable bonds is 3. The van der Waals surface area contributed by atoms with Gasteiger partial charge in [-0.15, -0.1) is 0 Å². The van der Waals surface area contributed by atoms with Gasteiger partial charge in [0.15, 0.2) is 0 Å². The third-order valence-electron chi connectivity index (χ3n) is 2.24. The van der Waals surface area contributed by atoms with Crippen molar-refractivity contribution in [2.75, 3.05) is 13.2 Å². The number of nitrogens with two attached hydrogens (primary N) is 2. The lowest BCUT2D eigenvalue weighted by atomic mass is 9.92. The Bertz CT molecular complexity index is 155. The Labute approximate surface area is 72.2 Å². The summed E-state index contributed by atoms with van der Waals surface area (Å²) in [7, 11) is 0. The number of carbonyl (C=O) groups excluding carboxylic acids is 1. The van der Waals surface area contributed by atoms with Crippen LogP contribution in [0.2, 0.25) is 0 Å². The first-order chi connectivity index (χ1) is 5.70. The predicted octanol–water partition coefficient (Wildman–Crippen LogP) is -0.384. The molecule has 0 aromatic heterocycles. The highest BCUT2D eigenvalue weighted by Gasteiger charge is 2.22. The van der Waals surface area contributed by atoms with E-state index >= 15 is 0 Å². The molecule has 4 N–H and O–H groups in total. The van der Waals surface area contributed by atoms with E-state index < -0.39 is 0 Å². The van der Waals surface area contributed by atoms with Gasteiger partial charge in [0.2, 0.25) is 5.91 Å². The van der Waals surface area contributed by atoms with E-state index in [2.05, 4.69) is 0 Å². The smallest absolute Gasteiger partial charge is 0.218 e. The van der Waals surface area contributed by atoms with Gasteiger partial charge in [0.1, 0.15) is 0 Å². The molecule has 1 fully saturated rings. The van der Waals surface area contributed by atoms with Crippen LogP contribution in [0.25, 0.3) is 0 Å². The molecule has 70 valence electrons.